The van der Waals surface area contributed by atoms with E-state index in [-0.39, 0.29) is 18.1 Å². The highest BCUT2D eigenvalue weighted by Gasteiger charge is 2.30. The maximum absolute atomic E-state index is 12.0. The number of ketones is 1. The predicted molar refractivity (Wildman–Crippen MR) is 69.5 cm³/mol. The number of nitrogens with zero attached hydrogens (tertiary/aromatic N) is 1. The van der Waals surface area contributed by atoms with Crippen molar-refractivity contribution in [2.45, 2.75) is 6.92 Å². The van der Waals surface area contributed by atoms with Crippen molar-refractivity contribution < 1.29 is 19.1 Å². The van der Waals surface area contributed by atoms with Crippen LogP contribution < -0.4 is 4.90 Å². The SMILES string of the molecule is CCOC(=O)C(=O)/C=C1/C(=O)N(C)c2ccccc21. The van der Waals surface area contributed by atoms with Gasteiger partial charge in [-0.3, -0.25) is 9.59 Å². The predicted octanol–water partition coefficient (Wildman–Crippen LogP) is 1.18. The standard InChI is InChI=1S/C14H13NO4/c1-3-19-14(18)12(16)8-10-9-6-4-5-7-11(9)15(2)13(10)17/h4-8H,3H2,1-2H3/b10-8+. The van der Waals surface area contributed by atoms with Crippen LogP contribution >= 0.6 is 0 Å². The molecule has 5 heteroatoms. The average Bonchev–Trinajstić information content (AvgIpc) is 2.65. The first-order valence-electron chi connectivity index (χ1n) is 5.86. The molecule has 0 saturated heterocycles. The molecule has 1 aromatic rings. The van der Waals surface area contributed by atoms with E-state index in [9.17, 15) is 14.4 Å². The van der Waals surface area contributed by atoms with E-state index in [1.54, 1.807) is 38.2 Å². The zero-order valence-electron chi connectivity index (χ0n) is 10.7. The van der Waals surface area contributed by atoms with Gasteiger partial charge in [0, 0.05) is 18.7 Å². The van der Waals surface area contributed by atoms with Crippen LogP contribution in [0.5, 0.6) is 0 Å². The van der Waals surface area contributed by atoms with Crippen molar-refractivity contribution in [2.75, 3.05) is 18.6 Å². The van der Waals surface area contributed by atoms with Gasteiger partial charge in [-0.05, 0) is 13.0 Å². The van der Waals surface area contributed by atoms with Crippen LogP contribution in [-0.4, -0.2) is 31.3 Å². The van der Waals surface area contributed by atoms with Gasteiger partial charge < -0.3 is 9.64 Å². The van der Waals surface area contributed by atoms with Crippen molar-refractivity contribution in [3.8, 4) is 0 Å². The third-order valence-electron chi connectivity index (χ3n) is 2.84. The number of fused-ring (bicyclic) bond motifs is 1. The van der Waals surface area contributed by atoms with Crippen LogP contribution in [-0.2, 0) is 19.1 Å². The number of rotatable bonds is 3. The minimum atomic E-state index is -0.949. The first-order chi connectivity index (χ1) is 9.06. The second-order valence-electron chi connectivity index (χ2n) is 4.02. The highest BCUT2D eigenvalue weighted by molar-refractivity contribution is 6.44. The van der Waals surface area contributed by atoms with E-state index in [1.165, 1.54) is 4.90 Å². The molecule has 1 aromatic carbocycles. The molecule has 1 aliphatic rings. The van der Waals surface area contributed by atoms with Gasteiger partial charge in [-0.25, -0.2) is 4.79 Å². The Kier molecular flexibility index (Phi) is 3.46. The van der Waals surface area contributed by atoms with E-state index in [2.05, 4.69) is 4.74 Å². The largest absolute Gasteiger partial charge is 0.460 e. The minimum Gasteiger partial charge on any atom is -0.460 e. The lowest BCUT2D eigenvalue weighted by molar-refractivity contribution is -0.151. The van der Waals surface area contributed by atoms with Gasteiger partial charge in [-0.15, -0.1) is 0 Å². The Morgan fingerprint density at radius 1 is 1.32 bits per heavy atom. The van der Waals surface area contributed by atoms with Gasteiger partial charge >= 0.3 is 5.97 Å². The number of hydrogen-bond donors (Lipinski definition) is 0. The van der Waals surface area contributed by atoms with Crippen LogP contribution in [0.3, 0.4) is 0 Å². The van der Waals surface area contributed by atoms with Gasteiger partial charge in [-0.1, -0.05) is 18.2 Å². The molecule has 0 spiro atoms. The number of ether oxygens (including phenoxy) is 1. The molecular formula is C14H13NO4. The Labute approximate surface area is 110 Å². The Morgan fingerprint density at radius 2 is 2.00 bits per heavy atom. The van der Waals surface area contributed by atoms with Gasteiger partial charge in [0.1, 0.15) is 0 Å². The molecule has 2 rings (SSSR count). The molecule has 0 N–H and O–H groups in total. The molecule has 1 amide bonds. The second kappa shape index (κ2) is 5.06. The third-order valence-corrected chi connectivity index (χ3v) is 2.84. The number of esters is 1. The number of anilines is 1. The lowest BCUT2D eigenvalue weighted by Crippen LogP contribution is -2.21. The molecule has 5 nitrogen and oxygen atoms in total. The van der Waals surface area contributed by atoms with Gasteiger partial charge in [0.05, 0.1) is 17.9 Å². The smallest absolute Gasteiger partial charge is 0.379 e. The molecule has 0 unspecified atom stereocenters. The summed E-state index contributed by atoms with van der Waals surface area (Å²) in [6.45, 7) is 1.74. The van der Waals surface area contributed by atoms with Crippen LogP contribution in [0.2, 0.25) is 0 Å². The first kappa shape index (κ1) is 13.0. The van der Waals surface area contributed by atoms with Gasteiger partial charge in [0.15, 0.2) is 0 Å². The van der Waals surface area contributed by atoms with Gasteiger partial charge in [0.2, 0.25) is 0 Å². The second-order valence-corrected chi connectivity index (χ2v) is 4.02. The zero-order chi connectivity index (χ0) is 14.0. The quantitative estimate of drug-likeness (QED) is 0.464. The fourth-order valence-electron chi connectivity index (χ4n) is 1.93. The molecule has 1 heterocycles. The van der Waals surface area contributed by atoms with E-state index >= 15 is 0 Å². The molecule has 0 aromatic heterocycles. The highest BCUT2D eigenvalue weighted by Crippen LogP contribution is 2.35. The van der Waals surface area contributed by atoms with Crippen LogP contribution in [0.25, 0.3) is 5.57 Å². The Morgan fingerprint density at radius 3 is 2.68 bits per heavy atom. The summed E-state index contributed by atoms with van der Waals surface area (Å²) in [5.41, 5.74) is 1.58. The summed E-state index contributed by atoms with van der Waals surface area (Å²) < 4.78 is 4.61. The number of carbonyl (C=O) groups is 3. The summed E-state index contributed by atoms with van der Waals surface area (Å²) in [5.74, 6) is -2.08. The number of carbonyl (C=O) groups excluding carboxylic acids is 3. The molecule has 0 saturated carbocycles. The van der Waals surface area contributed by atoms with E-state index in [0.717, 1.165) is 11.8 Å². The summed E-state index contributed by atoms with van der Waals surface area (Å²) >= 11 is 0. The van der Waals surface area contributed by atoms with Crippen molar-refractivity contribution in [3.63, 3.8) is 0 Å². The third kappa shape index (κ3) is 2.27. The Bertz CT molecular complexity index is 589. The molecule has 0 bridgehead atoms. The van der Waals surface area contributed by atoms with Crippen molar-refractivity contribution >= 4 is 28.9 Å². The van der Waals surface area contributed by atoms with Crippen LogP contribution in [0.1, 0.15) is 12.5 Å². The van der Waals surface area contributed by atoms with E-state index in [1.807, 2.05) is 0 Å². The molecule has 0 fully saturated rings. The number of amides is 1. The van der Waals surface area contributed by atoms with Crippen molar-refractivity contribution in [1.29, 1.82) is 0 Å². The van der Waals surface area contributed by atoms with Gasteiger partial charge in [0.25, 0.3) is 11.7 Å². The normalized spacial score (nSPS) is 15.6. The number of hydrogen-bond acceptors (Lipinski definition) is 4. The van der Waals surface area contributed by atoms with E-state index in [4.69, 9.17) is 0 Å². The van der Waals surface area contributed by atoms with E-state index < -0.39 is 11.8 Å². The van der Waals surface area contributed by atoms with Crippen molar-refractivity contribution in [1.82, 2.24) is 0 Å². The topological polar surface area (TPSA) is 63.7 Å². The lowest BCUT2D eigenvalue weighted by atomic mass is 10.1. The molecule has 1 aliphatic heterocycles. The summed E-state index contributed by atoms with van der Waals surface area (Å²) in [4.78, 5) is 36.4. The number of para-hydroxylation sites is 1. The Balaban J connectivity index is 2.38. The minimum absolute atomic E-state index is 0.123. The fourth-order valence-corrected chi connectivity index (χ4v) is 1.93. The van der Waals surface area contributed by atoms with E-state index in [0.29, 0.717) is 5.56 Å². The summed E-state index contributed by atoms with van der Waals surface area (Å²) in [7, 11) is 1.62. The summed E-state index contributed by atoms with van der Waals surface area (Å²) in [5, 5.41) is 0. The molecule has 0 atom stereocenters. The van der Waals surface area contributed by atoms with Crippen LogP contribution in [0.15, 0.2) is 30.3 Å². The lowest BCUT2D eigenvalue weighted by Gasteiger charge is -2.07. The molecule has 0 aliphatic carbocycles. The zero-order valence-corrected chi connectivity index (χ0v) is 10.7. The fraction of sp³-hybridized carbons (Fsp3) is 0.214. The van der Waals surface area contributed by atoms with Crippen LogP contribution in [0.4, 0.5) is 5.69 Å². The number of benzene rings is 1. The Hall–Kier alpha value is -2.43. The molecule has 0 radical (unpaired) electrons. The van der Waals surface area contributed by atoms with Crippen molar-refractivity contribution in [2.24, 2.45) is 0 Å². The first-order valence-corrected chi connectivity index (χ1v) is 5.86. The average molecular weight is 259 g/mol. The molecule has 19 heavy (non-hydrogen) atoms. The van der Waals surface area contributed by atoms with Crippen molar-refractivity contribution in [3.05, 3.63) is 35.9 Å². The molecule has 98 valence electrons. The monoisotopic (exact) mass is 259 g/mol. The maximum Gasteiger partial charge on any atom is 0.379 e. The maximum atomic E-state index is 12.0. The summed E-state index contributed by atoms with van der Waals surface area (Å²) in [6, 6.07) is 7.09. The molecular weight excluding hydrogens is 246 g/mol. The number of likely N-dealkylation sites (N-methyl/N-ethyl adjacent to an activating group) is 1. The highest BCUT2D eigenvalue weighted by atomic mass is 16.5. The van der Waals surface area contributed by atoms with Crippen LogP contribution in [0, 0.1) is 0 Å². The van der Waals surface area contributed by atoms with Gasteiger partial charge in [-0.2, -0.15) is 0 Å². The summed E-state index contributed by atoms with van der Waals surface area (Å²) in [6.07, 6.45) is 1.04.